The van der Waals surface area contributed by atoms with E-state index in [2.05, 4.69) is 5.32 Å². The topological polar surface area (TPSA) is 106 Å². The van der Waals surface area contributed by atoms with Crippen LogP contribution in [0.2, 0.25) is 0 Å². The third-order valence-electron chi connectivity index (χ3n) is 6.27. The molecule has 3 amide bonds. The van der Waals surface area contributed by atoms with Crippen LogP contribution < -0.4 is 15.9 Å². The van der Waals surface area contributed by atoms with E-state index in [9.17, 15) is 19.2 Å². The molecule has 2 fully saturated rings. The van der Waals surface area contributed by atoms with Gasteiger partial charge in [0.15, 0.2) is 5.82 Å². The fraction of sp³-hybridized carbons (Fsp3) is 0.565. The van der Waals surface area contributed by atoms with Gasteiger partial charge in [-0.05, 0) is 46.2 Å². The van der Waals surface area contributed by atoms with Gasteiger partial charge >= 0.3 is 11.8 Å². The first-order valence-corrected chi connectivity index (χ1v) is 11.4. The Morgan fingerprint density at radius 3 is 2.50 bits per heavy atom. The van der Waals surface area contributed by atoms with Crippen molar-refractivity contribution in [3.05, 3.63) is 28.4 Å². The van der Waals surface area contributed by atoms with Crippen LogP contribution in [0.25, 0.3) is 11.0 Å². The first kappa shape index (κ1) is 23.8. The smallest absolute Gasteiger partial charge is 0.410 e. The molecule has 2 saturated heterocycles. The maximum Gasteiger partial charge on any atom is 0.410 e. The zero-order valence-electron chi connectivity index (χ0n) is 20.1. The number of carbonyl (C=O) groups excluding carboxylic acids is 3. The number of hydrogen-bond acceptors (Lipinski definition) is 6. The minimum atomic E-state index is -0.879. The van der Waals surface area contributed by atoms with Gasteiger partial charge in [0.1, 0.15) is 17.2 Å². The SMILES string of the molecule is C[C@H]1CN(C(=O)OC(C)(C)C)CCN1c1ccc2c(c1F)n(C)c(=O)n2C1CCC(=O)NC1=O. The van der Waals surface area contributed by atoms with Crippen molar-refractivity contribution in [3.8, 4) is 0 Å². The molecular formula is C23H30FN5O5. The van der Waals surface area contributed by atoms with Crippen LogP contribution in [0.3, 0.4) is 0 Å². The molecule has 10 nitrogen and oxygen atoms in total. The second kappa shape index (κ2) is 8.44. The molecule has 11 heteroatoms. The predicted molar refractivity (Wildman–Crippen MR) is 123 cm³/mol. The Morgan fingerprint density at radius 1 is 1.18 bits per heavy atom. The van der Waals surface area contributed by atoms with Gasteiger partial charge in [-0.25, -0.2) is 14.0 Å². The highest BCUT2D eigenvalue weighted by Gasteiger charge is 2.34. The van der Waals surface area contributed by atoms with Crippen LogP contribution in [0.4, 0.5) is 14.9 Å². The molecule has 0 radical (unpaired) electrons. The molecule has 4 rings (SSSR count). The Labute approximate surface area is 196 Å². The van der Waals surface area contributed by atoms with Gasteiger partial charge in [0.2, 0.25) is 11.8 Å². The molecular weight excluding hydrogens is 445 g/mol. The minimum Gasteiger partial charge on any atom is -0.444 e. The van der Waals surface area contributed by atoms with Crippen LogP contribution >= 0.6 is 0 Å². The van der Waals surface area contributed by atoms with E-state index in [0.29, 0.717) is 30.8 Å². The highest BCUT2D eigenvalue weighted by molar-refractivity contribution is 6.00. The van der Waals surface area contributed by atoms with Gasteiger partial charge < -0.3 is 14.5 Å². The van der Waals surface area contributed by atoms with E-state index in [1.165, 1.54) is 16.2 Å². The summed E-state index contributed by atoms with van der Waals surface area (Å²) in [6, 6.07) is 2.16. The van der Waals surface area contributed by atoms with Crippen LogP contribution in [-0.2, 0) is 21.4 Å². The number of anilines is 1. The van der Waals surface area contributed by atoms with Crippen molar-refractivity contribution >= 4 is 34.6 Å². The lowest BCUT2D eigenvalue weighted by molar-refractivity contribution is -0.135. The molecule has 184 valence electrons. The predicted octanol–water partition coefficient (Wildman–Crippen LogP) is 1.90. The fourth-order valence-corrected chi connectivity index (χ4v) is 4.68. The normalized spacial score (nSPS) is 21.7. The molecule has 1 N–H and O–H groups in total. The molecule has 0 saturated carbocycles. The first-order valence-electron chi connectivity index (χ1n) is 11.4. The maximum absolute atomic E-state index is 15.8. The number of aryl methyl sites for hydroxylation is 1. The number of imidazole rings is 1. The third-order valence-corrected chi connectivity index (χ3v) is 6.27. The second-order valence-electron chi connectivity index (χ2n) is 9.91. The van der Waals surface area contributed by atoms with Crippen LogP contribution in [0.1, 0.15) is 46.6 Å². The van der Waals surface area contributed by atoms with E-state index < -0.39 is 35.2 Å². The highest BCUT2D eigenvalue weighted by Crippen LogP contribution is 2.32. The largest absolute Gasteiger partial charge is 0.444 e. The Hall–Kier alpha value is -3.37. The van der Waals surface area contributed by atoms with Gasteiger partial charge in [-0.1, -0.05) is 0 Å². The summed E-state index contributed by atoms with van der Waals surface area (Å²) >= 11 is 0. The van der Waals surface area contributed by atoms with Crippen LogP contribution in [0.5, 0.6) is 0 Å². The average Bonchev–Trinajstić information content (AvgIpc) is 2.99. The van der Waals surface area contributed by atoms with Gasteiger partial charge in [-0.15, -0.1) is 0 Å². The number of ether oxygens (including phenoxy) is 1. The van der Waals surface area contributed by atoms with Gasteiger partial charge in [-0.2, -0.15) is 0 Å². The van der Waals surface area contributed by atoms with Crippen LogP contribution in [-0.4, -0.2) is 63.2 Å². The lowest BCUT2D eigenvalue weighted by Crippen LogP contribution is -2.54. The number of amides is 3. The number of nitrogens with one attached hydrogen (secondary N) is 1. The average molecular weight is 476 g/mol. The Balaban J connectivity index is 1.65. The van der Waals surface area contributed by atoms with Crippen molar-refractivity contribution in [2.75, 3.05) is 24.5 Å². The zero-order valence-corrected chi connectivity index (χ0v) is 20.1. The molecule has 34 heavy (non-hydrogen) atoms. The summed E-state index contributed by atoms with van der Waals surface area (Å²) in [5.74, 6) is -1.52. The second-order valence-corrected chi connectivity index (χ2v) is 9.91. The van der Waals surface area contributed by atoms with E-state index >= 15 is 4.39 Å². The van der Waals surface area contributed by atoms with Gasteiger partial charge in [0, 0.05) is 39.1 Å². The van der Waals surface area contributed by atoms with E-state index in [0.717, 1.165) is 0 Å². The Morgan fingerprint density at radius 2 is 1.88 bits per heavy atom. The number of nitrogens with zero attached hydrogens (tertiary/aromatic N) is 4. The van der Waals surface area contributed by atoms with Crippen molar-refractivity contribution < 1.29 is 23.5 Å². The molecule has 1 unspecified atom stereocenters. The number of aromatic nitrogens is 2. The summed E-state index contributed by atoms with van der Waals surface area (Å²) in [5, 5.41) is 2.25. The number of imide groups is 1. The fourth-order valence-electron chi connectivity index (χ4n) is 4.68. The zero-order chi connectivity index (χ0) is 24.9. The highest BCUT2D eigenvalue weighted by atomic mass is 19.1. The number of piperazine rings is 1. The van der Waals surface area contributed by atoms with E-state index in [1.54, 1.807) is 37.8 Å². The molecule has 1 aromatic heterocycles. The monoisotopic (exact) mass is 475 g/mol. The van der Waals surface area contributed by atoms with Gasteiger partial charge in [0.05, 0.1) is 11.2 Å². The van der Waals surface area contributed by atoms with Crippen LogP contribution in [0, 0.1) is 5.82 Å². The summed E-state index contributed by atoms with van der Waals surface area (Å²) in [7, 11) is 1.46. The maximum atomic E-state index is 15.8. The molecule has 2 aliphatic rings. The molecule has 3 heterocycles. The lowest BCUT2D eigenvalue weighted by Gasteiger charge is -2.41. The molecule has 2 atom stereocenters. The van der Waals surface area contributed by atoms with Gasteiger partial charge in [-0.3, -0.25) is 24.0 Å². The summed E-state index contributed by atoms with van der Waals surface area (Å²) in [4.78, 5) is 52.8. The van der Waals surface area contributed by atoms with E-state index in [-0.39, 0.29) is 30.3 Å². The van der Waals surface area contributed by atoms with Crippen molar-refractivity contribution in [2.45, 2.75) is 58.2 Å². The summed E-state index contributed by atoms with van der Waals surface area (Å²) < 4.78 is 23.7. The minimum absolute atomic E-state index is 0.0916. The van der Waals surface area contributed by atoms with Crippen molar-refractivity contribution in [3.63, 3.8) is 0 Å². The number of benzene rings is 1. The Kier molecular flexibility index (Phi) is 5.91. The molecule has 2 aromatic rings. The van der Waals surface area contributed by atoms with Crippen molar-refractivity contribution in [1.29, 1.82) is 0 Å². The number of rotatable bonds is 2. The summed E-state index contributed by atoms with van der Waals surface area (Å²) in [6.07, 6.45) is -0.116. The standard InChI is InChI=1S/C23H30FN5O5/c1-13-12-27(22(33)34-23(2,3)4)10-11-28(13)14-6-7-15-19(18(14)24)26(5)21(32)29(15)16-8-9-17(30)25-20(16)31/h6-7,13,16H,8-12H2,1-5H3,(H,25,30,31)/t13-,16?/m0/s1. The molecule has 1 aromatic carbocycles. The Bertz CT molecular complexity index is 1230. The molecule has 0 spiro atoms. The molecule has 0 aliphatic carbocycles. The molecule has 2 aliphatic heterocycles. The molecule has 0 bridgehead atoms. The number of halogens is 1. The first-order chi connectivity index (χ1) is 15.9. The number of fused-ring (bicyclic) bond motifs is 1. The van der Waals surface area contributed by atoms with E-state index in [4.69, 9.17) is 4.74 Å². The van der Waals surface area contributed by atoms with Crippen molar-refractivity contribution in [2.24, 2.45) is 7.05 Å². The van der Waals surface area contributed by atoms with Crippen LogP contribution in [0.15, 0.2) is 16.9 Å². The van der Waals surface area contributed by atoms with E-state index in [1.807, 2.05) is 11.8 Å². The number of hydrogen-bond donors (Lipinski definition) is 1. The van der Waals surface area contributed by atoms with Crippen molar-refractivity contribution in [1.82, 2.24) is 19.4 Å². The summed E-state index contributed by atoms with van der Waals surface area (Å²) in [5.41, 5.74) is -0.421. The number of carbonyl (C=O) groups is 3. The number of piperidine rings is 1. The van der Waals surface area contributed by atoms with Gasteiger partial charge in [0.25, 0.3) is 0 Å². The third kappa shape index (κ3) is 4.14. The summed E-state index contributed by atoms with van der Waals surface area (Å²) in [6.45, 7) is 8.44. The lowest BCUT2D eigenvalue weighted by atomic mass is 10.1. The quantitative estimate of drug-likeness (QED) is 0.665.